The van der Waals surface area contributed by atoms with Gasteiger partial charge in [-0.3, -0.25) is 0 Å². The summed E-state index contributed by atoms with van der Waals surface area (Å²) in [6, 6.07) is 6.07. The second-order valence-electron chi connectivity index (χ2n) is 4.74. The average molecular weight is 275 g/mol. The lowest BCUT2D eigenvalue weighted by molar-refractivity contribution is 0.281. The van der Waals surface area contributed by atoms with Gasteiger partial charge in [-0.05, 0) is 37.4 Å². The number of aryl methyl sites for hydroxylation is 2. The van der Waals surface area contributed by atoms with Crippen LogP contribution in [-0.4, -0.2) is 16.7 Å². The van der Waals surface area contributed by atoms with E-state index in [1.165, 1.54) is 0 Å². The van der Waals surface area contributed by atoms with Crippen LogP contribution in [0.25, 0.3) is 0 Å². The van der Waals surface area contributed by atoms with Gasteiger partial charge in [-0.15, -0.1) is 0 Å². The van der Waals surface area contributed by atoms with Crippen molar-refractivity contribution in [2.24, 2.45) is 5.73 Å². The Hall–Kier alpha value is -1.88. The monoisotopic (exact) mass is 275 g/mol. The summed E-state index contributed by atoms with van der Waals surface area (Å²) in [6.07, 6.45) is 2.58. The number of ether oxygens (including phenoxy) is 1. The van der Waals surface area contributed by atoms with Gasteiger partial charge in [0, 0.05) is 6.42 Å². The summed E-state index contributed by atoms with van der Waals surface area (Å²) in [7, 11) is 0. The normalized spacial score (nSPS) is 10.8. The topological polar surface area (TPSA) is 74.2 Å². The lowest BCUT2D eigenvalue weighted by Gasteiger charge is -2.12. The minimum Gasteiger partial charge on any atom is -0.485 e. The molecule has 108 valence electrons. The number of aromatic nitrogens is 2. The highest BCUT2D eigenvalue weighted by atomic mass is 16.5. The van der Waals surface area contributed by atoms with Gasteiger partial charge in [0.15, 0.2) is 6.61 Å². The van der Waals surface area contributed by atoms with E-state index in [2.05, 4.69) is 17.1 Å². The van der Waals surface area contributed by atoms with Crippen molar-refractivity contribution in [3.8, 4) is 5.75 Å². The third-order valence-corrected chi connectivity index (χ3v) is 3.03. The number of nitrogens with two attached hydrogens (primary N) is 1. The van der Waals surface area contributed by atoms with Gasteiger partial charge in [-0.1, -0.05) is 30.3 Å². The second kappa shape index (κ2) is 7.05. The summed E-state index contributed by atoms with van der Waals surface area (Å²) in [4.78, 5) is 4.29. The van der Waals surface area contributed by atoms with Crippen molar-refractivity contribution in [2.75, 3.05) is 6.54 Å². The molecule has 5 nitrogen and oxygen atoms in total. The zero-order chi connectivity index (χ0) is 14.4. The molecule has 0 aliphatic carbocycles. The van der Waals surface area contributed by atoms with Gasteiger partial charge in [0.05, 0.1) is 0 Å². The molecule has 0 saturated heterocycles. The Morgan fingerprint density at radius 3 is 2.90 bits per heavy atom. The number of hydrogen-bond acceptors (Lipinski definition) is 5. The molecule has 20 heavy (non-hydrogen) atoms. The zero-order valence-electron chi connectivity index (χ0n) is 12.1. The molecule has 0 amide bonds. The highest BCUT2D eigenvalue weighted by Gasteiger charge is 2.10. The molecule has 0 bridgehead atoms. The van der Waals surface area contributed by atoms with E-state index < -0.39 is 0 Å². The second-order valence-corrected chi connectivity index (χ2v) is 4.74. The van der Waals surface area contributed by atoms with Crippen molar-refractivity contribution < 1.29 is 9.26 Å². The molecule has 0 atom stereocenters. The van der Waals surface area contributed by atoms with E-state index in [1.54, 1.807) is 0 Å². The number of hydrogen-bond donors (Lipinski definition) is 1. The van der Waals surface area contributed by atoms with Crippen molar-refractivity contribution in [2.45, 2.75) is 39.7 Å². The SMILES string of the molecule is CCCc1nc(COc2c(C)cccc2CCN)no1. The molecule has 0 aliphatic heterocycles. The summed E-state index contributed by atoms with van der Waals surface area (Å²) in [6.45, 7) is 5.01. The first-order valence-corrected chi connectivity index (χ1v) is 6.97. The van der Waals surface area contributed by atoms with Crippen LogP contribution in [0.2, 0.25) is 0 Å². The number of rotatable bonds is 7. The van der Waals surface area contributed by atoms with E-state index in [9.17, 15) is 0 Å². The van der Waals surface area contributed by atoms with Crippen LogP contribution in [0.4, 0.5) is 0 Å². The van der Waals surface area contributed by atoms with E-state index in [0.29, 0.717) is 24.9 Å². The standard InChI is InChI=1S/C15H21N3O2/c1-3-5-14-17-13(18-20-14)10-19-15-11(2)6-4-7-12(15)8-9-16/h4,6-7H,3,5,8-10,16H2,1-2H3. The van der Waals surface area contributed by atoms with E-state index in [4.69, 9.17) is 15.0 Å². The molecular weight excluding hydrogens is 254 g/mol. The molecule has 0 unspecified atom stereocenters. The van der Waals surface area contributed by atoms with Gasteiger partial charge in [0.25, 0.3) is 0 Å². The van der Waals surface area contributed by atoms with Crippen molar-refractivity contribution in [3.05, 3.63) is 41.0 Å². The molecule has 0 radical (unpaired) electrons. The molecule has 1 aromatic heterocycles. The van der Waals surface area contributed by atoms with E-state index in [-0.39, 0.29) is 0 Å². The van der Waals surface area contributed by atoms with E-state index >= 15 is 0 Å². The number of para-hydroxylation sites is 1. The molecule has 2 rings (SSSR count). The number of nitrogens with zero attached hydrogens (tertiary/aromatic N) is 2. The first kappa shape index (κ1) is 14.5. The molecule has 2 N–H and O–H groups in total. The quantitative estimate of drug-likeness (QED) is 0.840. The maximum Gasteiger partial charge on any atom is 0.226 e. The van der Waals surface area contributed by atoms with Gasteiger partial charge >= 0.3 is 0 Å². The molecule has 2 aromatic rings. The Morgan fingerprint density at radius 2 is 2.15 bits per heavy atom. The first-order valence-electron chi connectivity index (χ1n) is 6.97. The van der Waals surface area contributed by atoms with Crippen LogP contribution < -0.4 is 10.5 Å². The van der Waals surface area contributed by atoms with E-state index in [1.807, 2.05) is 25.1 Å². The minimum atomic E-state index is 0.315. The van der Waals surface area contributed by atoms with Crippen LogP contribution in [0.3, 0.4) is 0 Å². The third-order valence-electron chi connectivity index (χ3n) is 3.03. The van der Waals surface area contributed by atoms with Crippen molar-refractivity contribution >= 4 is 0 Å². The molecule has 0 aliphatic rings. The fourth-order valence-corrected chi connectivity index (χ4v) is 2.07. The fourth-order valence-electron chi connectivity index (χ4n) is 2.07. The van der Waals surface area contributed by atoms with E-state index in [0.717, 1.165) is 36.1 Å². The maximum atomic E-state index is 5.86. The summed E-state index contributed by atoms with van der Waals surface area (Å²) >= 11 is 0. The van der Waals surface area contributed by atoms with Gasteiger partial charge in [0.2, 0.25) is 11.7 Å². The molecule has 0 spiro atoms. The summed E-state index contributed by atoms with van der Waals surface area (Å²) in [5.41, 5.74) is 7.83. The predicted molar refractivity (Wildman–Crippen MR) is 76.6 cm³/mol. The average Bonchev–Trinajstić information content (AvgIpc) is 2.87. The predicted octanol–water partition coefficient (Wildman–Crippen LogP) is 2.41. The summed E-state index contributed by atoms with van der Waals surface area (Å²) in [5.74, 6) is 2.12. The molecule has 0 fully saturated rings. The number of benzene rings is 1. The van der Waals surface area contributed by atoms with Gasteiger partial charge in [0.1, 0.15) is 5.75 Å². The molecule has 5 heteroatoms. The van der Waals surface area contributed by atoms with Gasteiger partial charge in [-0.2, -0.15) is 4.98 Å². The lowest BCUT2D eigenvalue weighted by atomic mass is 10.1. The minimum absolute atomic E-state index is 0.315. The third kappa shape index (κ3) is 3.57. The van der Waals surface area contributed by atoms with Crippen LogP contribution in [0.15, 0.2) is 22.7 Å². The maximum absolute atomic E-state index is 5.86. The van der Waals surface area contributed by atoms with Crippen LogP contribution in [0.5, 0.6) is 5.75 Å². The molecule has 1 heterocycles. The zero-order valence-corrected chi connectivity index (χ0v) is 12.1. The smallest absolute Gasteiger partial charge is 0.226 e. The van der Waals surface area contributed by atoms with Crippen LogP contribution >= 0.6 is 0 Å². The Kier molecular flexibility index (Phi) is 5.12. The van der Waals surface area contributed by atoms with Crippen molar-refractivity contribution in [1.82, 2.24) is 10.1 Å². The van der Waals surface area contributed by atoms with Gasteiger partial charge in [-0.25, -0.2) is 0 Å². The van der Waals surface area contributed by atoms with Crippen molar-refractivity contribution in [3.63, 3.8) is 0 Å². The Balaban J connectivity index is 2.05. The lowest BCUT2D eigenvalue weighted by Crippen LogP contribution is -2.07. The van der Waals surface area contributed by atoms with Gasteiger partial charge < -0.3 is 15.0 Å². The molecular formula is C15H21N3O2. The first-order chi connectivity index (χ1) is 9.74. The molecule has 0 saturated carbocycles. The van der Waals surface area contributed by atoms with Crippen LogP contribution in [-0.2, 0) is 19.4 Å². The Labute approximate surface area is 119 Å². The Morgan fingerprint density at radius 1 is 1.30 bits per heavy atom. The molecule has 1 aromatic carbocycles. The van der Waals surface area contributed by atoms with Crippen LogP contribution in [0, 0.1) is 6.92 Å². The largest absolute Gasteiger partial charge is 0.485 e. The highest BCUT2D eigenvalue weighted by molar-refractivity contribution is 5.40. The van der Waals surface area contributed by atoms with Crippen molar-refractivity contribution in [1.29, 1.82) is 0 Å². The highest BCUT2D eigenvalue weighted by Crippen LogP contribution is 2.24. The summed E-state index contributed by atoms with van der Waals surface area (Å²) in [5, 5.41) is 3.92. The fraction of sp³-hybridized carbons (Fsp3) is 0.467. The van der Waals surface area contributed by atoms with Crippen LogP contribution in [0.1, 0.15) is 36.2 Å². The summed E-state index contributed by atoms with van der Waals surface area (Å²) < 4.78 is 11.0. The Bertz CT molecular complexity index is 552.